The van der Waals surface area contributed by atoms with Crippen LogP contribution in [0.15, 0.2) is 48.6 Å². The number of ether oxygens (including phenoxy) is 2. The number of unbranched alkanes of at least 4 members (excludes halogenated alkanes) is 18. The summed E-state index contributed by atoms with van der Waals surface area (Å²) < 4.78 is 11.6. The topological polar surface area (TPSA) is 38.7 Å². The van der Waals surface area contributed by atoms with Crippen molar-refractivity contribution < 1.29 is 14.6 Å². The van der Waals surface area contributed by atoms with Crippen molar-refractivity contribution >= 4 is 0 Å². The first kappa shape index (κ1) is 40.8. The van der Waals surface area contributed by atoms with Gasteiger partial charge in [0.2, 0.25) is 0 Å². The molecule has 42 heavy (non-hydrogen) atoms. The van der Waals surface area contributed by atoms with E-state index in [0.717, 1.165) is 51.6 Å². The van der Waals surface area contributed by atoms with Crippen LogP contribution >= 0.6 is 0 Å². The summed E-state index contributed by atoms with van der Waals surface area (Å²) in [6, 6.07) is 0. The minimum atomic E-state index is -0.187. The maximum atomic E-state index is 9.57. The highest BCUT2D eigenvalue weighted by Gasteiger charge is 2.07. The Morgan fingerprint density at radius 3 is 1.31 bits per heavy atom. The molecule has 0 radical (unpaired) electrons. The molecule has 0 aliphatic rings. The van der Waals surface area contributed by atoms with Gasteiger partial charge in [-0.1, -0.05) is 159 Å². The molecular weight excluding hydrogens is 516 g/mol. The van der Waals surface area contributed by atoms with E-state index in [9.17, 15) is 5.11 Å². The molecule has 1 atom stereocenters. The standard InChI is InChI=1S/C39H72O3/c1-3-5-7-9-11-13-15-17-19-20-21-22-24-26-28-30-32-34-36-42-39(37-40)38-41-35-33-31-29-27-25-23-18-16-14-12-10-8-6-4-2/h11,13,17,19,21-22,26,28,39-40H,3-10,12,14-16,18,20,23-25,27,29-38H2,1-2H3/b13-11-,19-17-,22-21-,28-26-. The smallest absolute Gasteiger partial charge is 0.104 e. The predicted molar refractivity (Wildman–Crippen MR) is 186 cm³/mol. The maximum Gasteiger partial charge on any atom is 0.104 e. The van der Waals surface area contributed by atoms with Gasteiger partial charge in [-0.25, -0.2) is 0 Å². The van der Waals surface area contributed by atoms with Crippen molar-refractivity contribution in [3.63, 3.8) is 0 Å². The number of rotatable bonds is 34. The third kappa shape index (κ3) is 35.0. The fraction of sp³-hybridized carbons (Fsp3) is 0.795. The molecule has 0 aromatic carbocycles. The Bertz CT molecular complexity index is 607. The number of aliphatic hydroxyl groups excluding tert-OH is 1. The van der Waals surface area contributed by atoms with E-state index in [0.29, 0.717) is 13.2 Å². The Morgan fingerprint density at radius 2 is 0.833 bits per heavy atom. The van der Waals surface area contributed by atoms with E-state index in [4.69, 9.17) is 9.47 Å². The second kappa shape index (κ2) is 37.9. The quantitative estimate of drug-likeness (QED) is 0.0600. The number of allylic oxidation sites excluding steroid dienone is 8. The van der Waals surface area contributed by atoms with Crippen LogP contribution in [0.1, 0.15) is 168 Å². The van der Waals surface area contributed by atoms with Gasteiger partial charge in [0.25, 0.3) is 0 Å². The third-order valence-electron chi connectivity index (χ3n) is 7.73. The Kier molecular flexibility index (Phi) is 36.8. The van der Waals surface area contributed by atoms with Crippen LogP contribution in [0, 0.1) is 0 Å². The van der Waals surface area contributed by atoms with Gasteiger partial charge in [0.05, 0.1) is 13.2 Å². The fourth-order valence-corrected chi connectivity index (χ4v) is 4.94. The first-order valence-corrected chi connectivity index (χ1v) is 18.2. The average molecular weight is 589 g/mol. The summed E-state index contributed by atoms with van der Waals surface area (Å²) in [7, 11) is 0. The number of aliphatic hydroxyl groups is 1. The van der Waals surface area contributed by atoms with Crippen LogP contribution in [0.4, 0.5) is 0 Å². The van der Waals surface area contributed by atoms with E-state index in [2.05, 4.69) is 62.5 Å². The van der Waals surface area contributed by atoms with Crippen LogP contribution in [-0.2, 0) is 9.47 Å². The van der Waals surface area contributed by atoms with Crippen LogP contribution < -0.4 is 0 Å². The van der Waals surface area contributed by atoms with Gasteiger partial charge in [-0.15, -0.1) is 0 Å². The van der Waals surface area contributed by atoms with Gasteiger partial charge in [-0.05, 0) is 57.8 Å². The van der Waals surface area contributed by atoms with E-state index in [1.807, 2.05) is 0 Å². The predicted octanol–water partition coefficient (Wildman–Crippen LogP) is 12.0. The lowest BCUT2D eigenvalue weighted by Crippen LogP contribution is -2.24. The van der Waals surface area contributed by atoms with Gasteiger partial charge in [0.1, 0.15) is 6.10 Å². The minimum Gasteiger partial charge on any atom is -0.394 e. The lowest BCUT2D eigenvalue weighted by molar-refractivity contribution is -0.0436. The van der Waals surface area contributed by atoms with Crippen LogP contribution in [0.2, 0.25) is 0 Å². The van der Waals surface area contributed by atoms with Crippen LogP contribution in [0.25, 0.3) is 0 Å². The first-order chi connectivity index (χ1) is 20.8. The van der Waals surface area contributed by atoms with E-state index < -0.39 is 0 Å². The summed E-state index contributed by atoms with van der Waals surface area (Å²) in [6.45, 7) is 6.56. The van der Waals surface area contributed by atoms with Crippen molar-refractivity contribution in [2.24, 2.45) is 0 Å². The Morgan fingerprint density at radius 1 is 0.452 bits per heavy atom. The molecule has 0 aromatic heterocycles. The van der Waals surface area contributed by atoms with Crippen molar-refractivity contribution in [1.29, 1.82) is 0 Å². The van der Waals surface area contributed by atoms with E-state index in [1.54, 1.807) is 0 Å². The molecule has 246 valence electrons. The molecule has 3 nitrogen and oxygen atoms in total. The first-order valence-electron chi connectivity index (χ1n) is 18.2. The SMILES string of the molecule is CCCCC/C=C\C/C=C\C/C=C\C/C=C\CCCCOC(CO)COCCCCCCCCCCCCCCCC. The molecule has 0 amide bonds. The molecule has 0 rings (SSSR count). The average Bonchev–Trinajstić information content (AvgIpc) is 3.00. The Hall–Kier alpha value is -1.16. The second-order valence-corrected chi connectivity index (χ2v) is 11.9. The lowest BCUT2D eigenvalue weighted by Gasteiger charge is -2.15. The van der Waals surface area contributed by atoms with Gasteiger partial charge in [-0.2, -0.15) is 0 Å². The number of hydrogen-bond acceptors (Lipinski definition) is 3. The molecule has 0 aromatic rings. The molecular formula is C39H72O3. The number of hydrogen-bond donors (Lipinski definition) is 1. The van der Waals surface area contributed by atoms with Crippen LogP contribution in [0.3, 0.4) is 0 Å². The van der Waals surface area contributed by atoms with E-state index in [-0.39, 0.29) is 12.7 Å². The fourth-order valence-electron chi connectivity index (χ4n) is 4.94. The molecule has 0 fully saturated rings. The monoisotopic (exact) mass is 589 g/mol. The van der Waals surface area contributed by atoms with Crippen LogP contribution in [0.5, 0.6) is 0 Å². The molecule has 1 unspecified atom stereocenters. The summed E-state index contributed by atoms with van der Waals surface area (Å²) in [5, 5.41) is 9.57. The minimum absolute atomic E-state index is 0.0376. The summed E-state index contributed by atoms with van der Waals surface area (Å²) >= 11 is 0. The van der Waals surface area contributed by atoms with Crippen molar-refractivity contribution in [2.45, 2.75) is 174 Å². The van der Waals surface area contributed by atoms with Crippen molar-refractivity contribution in [3.05, 3.63) is 48.6 Å². The molecule has 0 aliphatic carbocycles. The Balaban J connectivity index is 3.43. The van der Waals surface area contributed by atoms with Gasteiger partial charge >= 0.3 is 0 Å². The van der Waals surface area contributed by atoms with Gasteiger partial charge in [0, 0.05) is 13.2 Å². The second-order valence-electron chi connectivity index (χ2n) is 11.9. The highest BCUT2D eigenvalue weighted by molar-refractivity contribution is 4.99. The molecule has 3 heteroatoms. The zero-order chi connectivity index (χ0) is 30.4. The van der Waals surface area contributed by atoms with E-state index >= 15 is 0 Å². The molecule has 0 saturated carbocycles. The van der Waals surface area contributed by atoms with Crippen molar-refractivity contribution in [1.82, 2.24) is 0 Å². The molecule has 0 saturated heterocycles. The molecule has 0 spiro atoms. The maximum absolute atomic E-state index is 9.57. The van der Waals surface area contributed by atoms with Gasteiger partial charge in [-0.3, -0.25) is 0 Å². The van der Waals surface area contributed by atoms with Crippen molar-refractivity contribution in [3.8, 4) is 0 Å². The summed E-state index contributed by atoms with van der Waals surface area (Å²) in [4.78, 5) is 0. The lowest BCUT2D eigenvalue weighted by atomic mass is 10.0. The largest absolute Gasteiger partial charge is 0.394 e. The highest BCUT2D eigenvalue weighted by Crippen LogP contribution is 2.13. The highest BCUT2D eigenvalue weighted by atomic mass is 16.5. The zero-order valence-corrected chi connectivity index (χ0v) is 28.3. The third-order valence-corrected chi connectivity index (χ3v) is 7.73. The summed E-state index contributed by atoms with van der Waals surface area (Å²) in [5.74, 6) is 0. The van der Waals surface area contributed by atoms with Gasteiger partial charge < -0.3 is 14.6 Å². The summed E-state index contributed by atoms with van der Waals surface area (Å²) in [5.41, 5.74) is 0. The molecule has 1 N–H and O–H groups in total. The summed E-state index contributed by atoms with van der Waals surface area (Å²) in [6.07, 6.45) is 48.6. The molecule has 0 aliphatic heterocycles. The van der Waals surface area contributed by atoms with Gasteiger partial charge in [0.15, 0.2) is 0 Å². The normalized spacial score (nSPS) is 13.1. The Labute approximate surface area is 263 Å². The van der Waals surface area contributed by atoms with E-state index in [1.165, 1.54) is 109 Å². The molecule has 0 heterocycles. The van der Waals surface area contributed by atoms with Crippen LogP contribution in [-0.4, -0.2) is 37.6 Å². The molecule has 0 bridgehead atoms. The zero-order valence-electron chi connectivity index (χ0n) is 28.3. The van der Waals surface area contributed by atoms with Crippen molar-refractivity contribution in [2.75, 3.05) is 26.4 Å².